The number of fused-ring (bicyclic) bond motifs is 1. The van der Waals surface area contributed by atoms with Gasteiger partial charge in [0, 0.05) is 30.9 Å². The number of carbonyl (C=O) groups excluding carboxylic acids is 2. The van der Waals surface area contributed by atoms with Gasteiger partial charge in [0.1, 0.15) is 11.5 Å². The fourth-order valence-electron chi connectivity index (χ4n) is 3.29. The normalized spacial score (nSPS) is 24.2. The Hall–Kier alpha value is -2.45. The minimum absolute atomic E-state index is 0.392. The zero-order valence-electron chi connectivity index (χ0n) is 13.9. The number of amides is 3. The second-order valence-electron chi connectivity index (χ2n) is 6.45. The lowest BCUT2D eigenvalue weighted by molar-refractivity contribution is -0.120. The quantitative estimate of drug-likeness (QED) is 0.691. The van der Waals surface area contributed by atoms with Crippen molar-refractivity contribution < 1.29 is 14.0 Å². The summed E-state index contributed by atoms with van der Waals surface area (Å²) in [7, 11) is 0. The Labute approximate surface area is 145 Å². The summed E-state index contributed by atoms with van der Waals surface area (Å²) in [5.74, 6) is 0.743. The van der Waals surface area contributed by atoms with Crippen LogP contribution in [-0.4, -0.2) is 55.3 Å². The van der Waals surface area contributed by atoms with Crippen LogP contribution in [0.15, 0.2) is 21.6 Å². The van der Waals surface area contributed by atoms with Crippen LogP contribution in [0, 0.1) is 0 Å². The van der Waals surface area contributed by atoms with Gasteiger partial charge in [0.05, 0.1) is 6.54 Å². The third-order valence-electron chi connectivity index (χ3n) is 4.62. The first-order chi connectivity index (χ1) is 12.2. The highest BCUT2D eigenvalue weighted by atomic mass is 16.3. The number of nitrogens with zero attached hydrogens (tertiary/aromatic N) is 2. The van der Waals surface area contributed by atoms with Crippen molar-refractivity contribution in [2.75, 3.05) is 32.7 Å². The molecule has 1 aromatic rings. The van der Waals surface area contributed by atoms with Gasteiger partial charge in [0.15, 0.2) is 6.04 Å². The zero-order valence-corrected chi connectivity index (χ0v) is 13.9. The number of aliphatic imine (C=N–C) groups is 1. The van der Waals surface area contributed by atoms with Crippen molar-refractivity contribution in [3.05, 3.63) is 29.2 Å². The third kappa shape index (κ3) is 3.49. The van der Waals surface area contributed by atoms with Crippen LogP contribution >= 0.6 is 0 Å². The van der Waals surface area contributed by atoms with Crippen molar-refractivity contribution in [2.45, 2.75) is 19.0 Å². The Kier molecular flexibility index (Phi) is 4.37. The molecule has 4 rings (SSSR count). The lowest BCUT2D eigenvalue weighted by atomic mass is 10.2. The van der Waals surface area contributed by atoms with E-state index in [1.165, 1.54) is 0 Å². The van der Waals surface area contributed by atoms with Crippen LogP contribution < -0.4 is 16.0 Å². The van der Waals surface area contributed by atoms with E-state index in [1.807, 2.05) is 12.2 Å². The standard InChI is InChI=1S/C17H21N5O3/c23-16-15(20-17(24)21-16)14-8-11-9-19-12(2-3-13(11)25-14)10-22-6-1-4-18-5-7-22/h2-3,8,15,18H,1,4-7,9-10H2,(H2,20,21,23,24). The highest BCUT2D eigenvalue weighted by molar-refractivity contribution is 6.04. The monoisotopic (exact) mass is 343 g/mol. The number of imide groups is 1. The maximum Gasteiger partial charge on any atom is 0.322 e. The molecule has 8 nitrogen and oxygen atoms in total. The summed E-state index contributed by atoms with van der Waals surface area (Å²) in [5.41, 5.74) is 1.95. The minimum atomic E-state index is -0.763. The summed E-state index contributed by atoms with van der Waals surface area (Å²) >= 11 is 0. The third-order valence-corrected chi connectivity index (χ3v) is 4.62. The smallest absolute Gasteiger partial charge is 0.322 e. The lowest BCUT2D eigenvalue weighted by Crippen LogP contribution is -2.32. The first kappa shape index (κ1) is 16.0. The van der Waals surface area contributed by atoms with E-state index in [9.17, 15) is 9.59 Å². The lowest BCUT2D eigenvalue weighted by Gasteiger charge is -2.19. The Morgan fingerprint density at radius 3 is 3.00 bits per heavy atom. The number of hydrogen-bond donors (Lipinski definition) is 3. The average Bonchev–Trinajstić information content (AvgIpc) is 2.95. The molecular weight excluding hydrogens is 322 g/mol. The van der Waals surface area contributed by atoms with Crippen LogP contribution in [0.4, 0.5) is 4.79 Å². The highest BCUT2D eigenvalue weighted by Gasteiger charge is 2.34. The molecule has 3 aliphatic heterocycles. The van der Waals surface area contributed by atoms with Gasteiger partial charge >= 0.3 is 6.03 Å². The molecule has 0 aliphatic carbocycles. The molecule has 0 spiro atoms. The molecule has 0 bridgehead atoms. The molecule has 2 saturated heterocycles. The summed E-state index contributed by atoms with van der Waals surface area (Å²) < 4.78 is 5.79. The molecule has 3 N–H and O–H groups in total. The number of carbonyl (C=O) groups is 2. The van der Waals surface area contributed by atoms with Gasteiger partial charge in [-0.15, -0.1) is 0 Å². The first-order valence-electron chi connectivity index (χ1n) is 8.57. The second kappa shape index (κ2) is 6.81. The number of nitrogens with one attached hydrogen (secondary N) is 3. The van der Waals surface area contributed by atoms with Crippen LogP contribution in [0.1, 0.15) is 29.5 Å². The Balaban J connectivity index is 1.45. The van der Waals surface area contributed by atoms with Crippen molar-refractivity contribution in [1.82, 2.24) is 20.9 Å². The van der Waals surface area contributed by atoms with E-state index in [0.717, 1.165) is 50.4 Å². The van der Waals surface area contributed by atoms with Gasteiger partial charge in [-0.3, -0.25) is 20.0 Å². The van der Waals surface area contributed by atoms with E-state index < -0.39 is 18.0 Å². The number of hydrogen-bond acceptors (Lipinski definition) is 6. The fraction of sp³-hybridized carbons (Fsp3) is 0.471. The topological polar surface area (TPSA) is 99.0 Å². The number of urea groups is 1. The van der Waals surface area contributed by atoms with E-state index in [2.05, 4.69) is 25.8 Å². The summed E-state index contributed by atoms with van der Waals surface area (Å²) in [6.45, 7) is 5.52. The van der Waals surface area contributed by atoms with Gasteiger partial charge < -0.3 is 15.1 Å². The van der Waals surface area contributed by atoms with E-state index >= 15 is 0 Å². The first-order valence-corrected chi connectivity index (χ1v) is 8.57. The maximum absolute atomic E-state index is 11.8. The Morgan fingerprint density at radius 2 is 2.16 bits per heavy atom. The van der Waals surface area contributed by atoms with Crippen molar-refractivity contribution in [3.8, 4) is 0 Å². The molecule has 132 valence electrons. The van der Waals surface area contributed by atoms with Gasteiger partial charge in [-0.2, -0.15) is 0 Å². The van der Waals surface area contributed by atoms with Crippen molar-refractivity contribution in [3.63, 3.8) is 0 Å². The minimum Gasteiger partial charge on any atom is -0.459 e. The number of rotatable bonds is 3. The van der Waals surface area contributed by atoms with Crippen LogP contribution in [0.5, 0.6) is 0 Å². The van der Waals surface area contributed by atoms with Crippen LogP contribution in [0.2, 0.25) is 0 Å². The Bertz CT molecular complexity index is 743. The van der Waals surface area contributed by atoms with Gasteiger partial charge in [0.2, 0.25) is 0 Å². The van der Waals surface area contributed by atoms with Crippen LogP contribution in [-0.2, 0) is 11.3 Å². The highest BCUT2D eigenvalue weighted by Crippen LogP contribution is 2.26. The van der Waals surface area contributed by atoms with Gasteiger partial charge in [-0.25, -0.2) is 4.79 Å². The van der Waals surface area contributed by atoms with E-state index in [-0.39, 0.29) is 0 Å². The average molecular weight is 343 g/mol. The van der Waals surface area contributed by atoms with E-state index in [0.29, 0.717) is 18.1 Å². The largest absolute Gasteiger partial charge is 0.459 e. The molecule has 8 heteroatoms. The van der Waals surface area contributed by atoms with Crippen LogP contribution in [0.3, 0.4) is 0 Å². The molecule has 0 aromatic carbocycles. The predicted octanol–water partition coefficient (Wildman–Crippen LogP) is 0.423. The number of furan rings is 1. The molecule has 0 radical (unpaired) electrons. The SMILES string of the molecule is O=C1NC(=O)C(c2cc3c(o2)C=CC(CN2CCCNCC2)=NC3)N1. The molecule has 1 aromatic heterocycles. The summed E-state index contributed by atoms with van der Waals surface area (Å²) in [4.78, 5) is 30.1. The zero-order chi connectivity index (χ0) is 17.2. The second-order valence-corrected chi connectivity index (χ2v) is 6.45. The van der Waals surface area contributed by atoms with Crippen molar-refractivity contribution in [1.29, 1.82) is 0 Å². The summed E-state index contributed by atoms with van der Waals surface area (Å²) in [6.07, 6.45) is 5.02. The predicted molar refractivity (Wildman–Crippen MR) is 92.2 cm³/mol. The molecule has 25 heavy (non-hydrogen) atoms. The molecule has 1 unspecified atom stereocenters. The van der Waals surface area contributed by atoms with Gasteiger partial charge in [-0.1, -0.05) is 0 Å². The molecular formula is C17H21N5O3. The molecule has 2 fully saturated rings. The maximum atomic E-state index is 11.8. The molecule has 3 amide bonds. The summed E-state index contributed by atoms with van der Waals surface area (Å²) in [5, 5.41) is 8.16. The fourth-order valence-corrected chi connectivity index (χ4v) is 3.29. The molecule has 0 saturated carbocycles. The van der Waals surface area contributed by atoms with E-state index in [4.69, 9.17) is 4.42 Å². The Morgan fingerprint density at radius 1 is 1.24 bits per heavy atom. The molecule has 3 aliphatic rings. The van der Waals surface area contributed by atoms with Crippen molar-refractivity contribution >= 4 is 23.7 Å². The van der Waals surface area contributed by atoms with Crippen LogP contribution in [0.25, 0.3) is 6.08 Å². The molecule has 1 atom stereocenters. The van der Waals surface area contributed by atoms with Gasteiger partial charge in [-0.05, 0) is 37.7 Å². The summed E-state index contributed by atoms with van der Waals surface area (Å²) in [6, 6.07) is 0.544. The molecule has 4 heterocycles. The van der Waals surface area contributed by atoms with Gasteiger partial charge in [0.25, 0.3) is 5.91 Å². The van der Waals surface area contributed by atoms with E-state index in [1.54, 1.807) is 6.07 Å². The van der Waals surface area contributed by atoms with Crippen molar-refractivity contribution in [2.24, 2.45) is 4.99 Å².